The van der Waals surface area contributed by atoms with E-state index in [0.29, 0.717) is 18.2 Å². The molecule has 1 fully saturated rings. The topological polar surface area (TPSA) is 42.4 Å². The molecule has 94 valence electrons. The number of rotatable bonds is 4. The molecule has 1 saturated heterocycles. The van der Waals surface area contributed by atoms with Gasteiger partial charge in [0.25, 0.3) is 0 Å². The Kier molecular flexibility index (Phi) is 4.97. The van der Waals surface area contributed by atoms with Crippen molar-refractivity contribution in [2.24, 2.45) is 0 Å². The van der Waals surface area contributed by atoms with Crippen molar-refractivity contribution in [1.82, 2.24) is 4.98 Å². The van der Waals surface area contributed by atoms with Gasteiger partial charge in [-0.1, -0.05) is 0 Å². The summed E-state index contributed by atoms with van der Waals surface area (Å²) in [6.45, 7) is 0.862. The summed E-state index contributed by atoms with van der Waals surface area (Å²) in [5.74, 6) is 0. The molecule has 2 rings (SSSR count). The van der Waals surface area contributed by atoms with Crippen LogP contribution in [0.3, 0.4) is 0 Å². The fourth-order valence-corrected chi connectivity index (χ4v) is 3.27. The van der Waals surface area contributed by atoms with E-state index in [9.17, 15) is 5.11 Å². The van der Waals surface area contributed by atoms with Crippen LogP contribution in [-0.4, -0.2) is 22.8 Å². The third kappa shape index (κ3) is 3.74. The second kappa shape index (κ2) is 6.27. The summed E-state index contributed by atoms with van der Waals surface area (Å²) in [5.41, 5.74) is 0.700. The van der Waals surface area contributed by atoms with Crippen molar-refractivity contribution in [1.29, 1.82) is 0 Å². The molecule has 1 aliphatic rings. The Morgan fingerprint density at radius 3 is 3.00 bits per heavy atom. The quantitative estimate of drug-likeness (QED) is 0.887. The molecule has 2 unspecified atom stereocenters. The summed E-state index contributed by atoms with van der Waals surface area (Å²) in [4.78, 5) is 4.24. The number of nitrogens with zero attached hydrogens (tertiary/aromatic N) is 1. The maximum absolute atomic E-state index is 10.1. The van der Waals surface area contributed by atoms with Crippen molar-refractivity contribution in [3.63, 3.8) is 0 Å². The smallest absolute Gasteiger partial charge is 0.0972 e. The molecule has 5 heteroatoms. The Hall–Kier alpha value is 0.0300. The molecule has 0 bridgehead atoms. The van der Waals surface area contributed by atoms with Crippen LogP contribution in [-0.2, 0) is 4.74 Å². The zero-order valence-electron chi connectivity index (χ0n) is 9.40. The fourth-order valence-electron chi connectivity index (χ4n) is 2.02. The van der Waals surface area contributed by atoms with Gasteiger partial charge in [-0.15, -0.1) is 0 Å². The van der Waals surface area contributed by atoms with E-state index in [-0.39, 0.29) is 0 Å². The second-order valence-corrected chi connectivity index (χ2v) is 6.02. The highest BCUT2D eigenvalue weighted by Gasteiger charge is 2.19. The monoisotopic (exact) mass is 363 g/mol. The van der Waals surface area contributed by atoms with Crippen LogP contribution in [0.15, 0.2) is 21.2 Å². The molecule has 1 aliphatic heterocycles. The molecule has 2 atom stereocenters. The fraction of sp³-hybridized carbons (Fsp3) is 0.583. The number of aromatic nitrogens is 1. The first-order chi connectivity index (χ1) is 8.16. The Morgan fingerprint density at radius 2 is 2.35 bits per heavy atom. The molecule has 0 radical (unpaired) electrons. The first kappa shape index (κ1) is 13.5. The highest BCUT2D eigenvalue weighted by atomic mass is 79.9. The van der Waals surface area contributed by atoms with Crippen molar-refractivity contribution >= 4 is 31.9 Å². The lowest BCUT2D eigenvalue weighted by atomic mass is 10.1. The van der Waals surface area contributed by atoms with Crippen molar-refractivity contribution in [3.8, 4) is 0 Å². The minimum atomic E-state index is -0.526. The van der Waals surface area contributed by atoms with Gasteiger partial charge in [0.2, 0.25) is 0 Å². The van der Waals surface area contributed by atoms with Gasteiger partial charge in [0.15, 0.2) is 0 Å². The van der Waals surface area contributed by atoms with Gasteiger partial charge >= 0.3 is 0 Å². The molecule has 0 amide bonds. The van der Waals surface area contributed by atoms with Gasteiger partial charge in [0, 0.05) is 21.7 Å². The summed E-state index contributed by atoms with van der Waals surface area (Å²) in [6, 6.07) is 1.90. The van der Waals surface area contributed by atoms with Crippen LogP contribution < -0.4 is 0 Å². The molecule has 0 saturated carbocycles. The Bertz CT molecular complexity index is 381. The Labute approximate surface area is 118 Å². The van der Waals surface area contributed by atoms with Gasteiger partial charge in [-0.25, -0.2) is 0 Å². The van der Waals surface area contributed by atoms with Crippen LogP contribution in [0, 0.1) is 0 Å². The number of hydrogen-bond donors (Lipinski definition) is 1. The van der Waals surface area contributed by atoms with E-state index in [0.717, 1.165) is 34.8 Å². The predicted molar refractivity (Wildman–Crippen MR) is 72.8 cm³/mol. The van der Waals surface area contributed by atoms with Crippen LogP contribution >= 0.6 is 31.9 Å². The maximum Gasteiger partial charge on any atom is 0.0972 e. The summed E-state index contributed by atoms with van der Waals surface area (Å²) in [5, 5.41) is 10.1. The molecule has 1 aromatic rings. The predicted octanol–water partition coefficient (Wildman–Crippen LogP) is 3.60. The zero-order chi connectivity index (χ0) is 12.3. The van der Waals surface area contributed by atoms with E-state index in [2.05, 4.69) is 36.8 Å². The van der Waals surface area contributed by atoms with E-state index in [1.165, 1.54) is 0 Å². The van der Waals surface area contributed by atoms with E-state index in [1.54, 1.807) is 6.20 Å². The van der Waals surface area contributed by atoms with E-state index >= 15 is 0 Å². The number of aliphatic hydroxyl groups excluding tert-OH is 1. The summed E-state index contributed by atoms with van der Waals surface area (Å²) < 4.78 is 7.28. The molecule has 1 aromatic heterocycles. The molecule has 0 spiro atoms. The van der Waals surface area contributed by atoms with Crippen LogP contribution in [0.25, 0.3) is 0 Å². The van der Waals surface area contributed by atoms with Gasteiger partial charge in [0.1, 0.15) is 0 Å². The first-order valence-electron chi connectivity index (χ1n) is 5.77. The van der Waals surface area contributed by atoms with Crippen LogP contribution in [0.5, 0.6) is 0 Å². The molecule has 0 aliphatic carbocycles. The number of hydrogen-bond acceptors (Lipinski definition) is 3. The SMILES string of the molecule is OC(CCC1CCCO1)c1ncc(Br)cc1Br. The molecule has 0 aromatic carbocycles. The lowest BCUT2D eigenvalue weighted by Crippen LogP contribution is -2.09. The molecule has 3 nitrogen and oxygen atoms in total. The number of aliphatic hydroxyl groups is 1. The molecule has 2 heterocycles. The highest BCUT2D eigenvalue weighted by molar-refractivity contribution is 9.11. The third-order valence-electron chi connectivity index (χ3n) is 2.94. The summed E-state index contributed by atoms with van der Waals surface area (Å²) >= 11 is 6.76. The van der Waals surface area contributed by atoms with Crippen molar-refractivity contribution < 1.29 is 9.84 Å². The van der Waals surface area contributed by atoms with Crippen LogP contribution in [0.4, 0.5) is 0 Å². The summed E-state index contributed by atoms with van der Waals surface area (Å²) in [7, 11) is 0. The lowest BCUT2D eigenvalue weighted by Gasteiger charge is -2.14. The average molecular weight is 365 g/mol. The molecule has 17 heavy (non-hydrogen) atoms. The normalized spacial score (nSPS) is 21.7. The number of ether oxygens (including phenoxy) is 1. The van der Waals surface area contributed by atoms with Crippen LogP contribution in [0.1, 0.15) is 37.5 Å². The van der Waals surface area contributed by atoms with Crippen molar-refractivity contribution in [2.75, 3.05) is 6.61 Å². The van der Waals surface area contributed by atoms with E-state index in [1.807, 2.05) is 6.07 Å². The van der Waals surface area contributed by atoms with E-state index in [4.69, 9.17) is 4.74 Å². The first-order valence-corrected chi connectivity index (χ1v) is 7.36. The summed E-state index contributed by atoms with van der Waals surface area (Å²) in [6.07, 6.45) is 5.34. The molecule has 1 N–H and O–H groups in total. The van der Waals surface area contributed by atoms with Gasteiger partial charge < -0.3 is 9.84 Å². The van der Waals surface area contributed by atoms with Gasteiger partial charge in [-0.05, 0) is 63.6 Å². The van der Waals surface area contributed by atoms with Gasteiger partial charge in [-0.3, -0.25) is 4.98 Å². The van der Waals surface area contributed by atoms with Gasteiger partial charge in [0.05, 0.1) is 17.9 Å². The zero-order valence-corrected chi connectivity index (χ0v) is 12.6. The van der Waals surface area contributed by atoms with E-state index < -0.39 is 6.10 Å². The average Bonchev–Trinajstić information content (AvgIpc) is 2.78. The highest BCUT2D eigenvalue weighted by Crippen LogP contribution is 2.28. The Morgan fingerprint density at radius 1 is 1.53 bits per heavy atom. The lowest BCUT2D eigenvalue weighted by molar-refractivity contribution is 0.0800. The van der Waals surface area contributed by atoms with Gasteiger partial charge in [-0.2, -0.15) is 0 Å². The second-order valence-electron chi connectivity index (χ2n) is 4.25. The van der Waals surface area contributed by atoms with Crippen molar-refractivity contribution in [3.05, 3.63) is 26.9 Å². The Balaban J connectivity index is 1.91. The molecular formula is C12H15Br2NO2. The molecular weight excluding hydrogens is 350 g/mol. The number of halogens is 2. The standard InChI is InChI=1S/C12H15Br2NO2/c13-8-6-10(14)12(15-7-8)11(16)4-3-9-2-1-5-17-9/h6-7,9,11,16H,1-5H2. The van der Waals surface area contributed by atoms with Crippen LogP contribution in [0.2, 0.25) is 0 Å². The minimum Gasteiger partial charge on any atom is -0.387 e. The minimum absolute atomic E-state index is 0.318. The van der Waals surface area contributed by atoms with Crippen molar-refractivity contribution in [2.45, 2.75) is 37.9 Å². The largest absolute Gasteiger partial charge is 0.387 e. The third-order valence-corrected chi connectivity index (χ3v) is 4.01. The number of pyridine rings is 1. The maximum atomic E-state index is 10.1.